The highest BCUT2D eigenvalue weighted by Gasteiger charge is 2.20. The van der Waals surface area contributed by atoms with E-state index < -0.39 is 17.2 Å². The van der Waals surface area contributed by atoms with Crippen LogP contribution in [0.3, 0.4) is 0 Å². The first-order chi connectivity index (χ1) is 13.3. The van der Waals surface area contributed by atoms with Gasteiger partial charge in [-0.3, -0.25) is 19.1 Å². The van der Waals surface area contributed by atoms with Gasteiger partial charge in [0.2, 0.25) is 0 Å². The summed E-state index contributed by atoms with van der Waals surface area (Å²) in [5.41, 5.74) is 0.816. The van der Waals surface area contributed by atoms with E-state index in [1.54, 1.807) is 18.3 Å². The molecule has 0 aliphatic carbocycles. The maximum absolute atomic E-state index is 13.0. The zero-order valence-corrected chi connectivity index (χ0v) is 16.4. The molecule has 3 aromatic rings. The van der Waals surface area contributed by atoms with Gasteiger partial charge in [0.25, 0.3) is 11.5 Å². The number of fused-ring (bicyclic) bond motifs is 1. The fraction of sp³-hybridized carbons (Fsp3) is 0.350. The van der Waals surface area contributed by atoms with Crippen LogP contribution < -0.4 is 16.6 Å². The molecule has 3 rings (SSSR count). The molecule has 0 radical (unpaired) electrons. The largest absolute Gasteiger partial charge is 0.329 e. The van der Waals surface area contributed by atoms with Crippen LogP contribution in [0.2, 0.25) is 0 Å². The molecule has 28 heavy (non-hydrogen) atoms. The van der Waals surface area contributed by atoms with E-state index in [-0.39, 0.29) is 22.5 Å². The minimum atomic E-state index is -0.627. The molecule has 0 spiro atoms. The molecule has 0 aromatic carbocycles. The number of aryl methyl sites for hydroxylation is 2. The number of aromatic amines is 1. The second-order valence-corrected chi connectivity index (χ2v) is 7.03. The number of carbonyl (C=O) groups excluding carboxylic acids is 1. The number of anilines is 1. The fourth-order valence-electron chi connectivity index (χ4n) is 2.99. The number of amides is 1. The van der Waals surface area contributed by atoms with Crippen molar-refractivity contribution in [3.63, 3.8) is 0 Å². The van der Waals surface area contributed by atoms with Crippen molar-refractivity contribution in [3.05, 3.63) is 62.1 Å². The van der Waals surface area contributed by atoms with Crippen molar-refractivity contribution in [3.8, 4) is 0 Å². The molecule has 2 N–H and O–H groups in total. The summed E-state index contributed by atoms with van der Waals surface area (Å²) in [5, 5.41) is 2.83. The quantitative estimate of drug-likeness (QED) is 0.706. The second kappa shape index (κ2) is 7.75. The number of nitrogens with one attached hydrogen (secondary N) is 2. The molecule has 3 heterocycles. The van der Waals surface area contributed by atoms with Crippen molar-refractivity contribution < 1.29 is 4.79 Å². The average molecular weight is 381 g/mol. The summed E-state index contributed by atoms with van der Waals surface area (Å²) in [6, 6.07) is 5.17. The maximum Gasteiger partial charge on any atom is 0.329 e. The number of H-pyrrole nitrogens is 1. The van der Waals surface area contributed by atoms with Crippen LogP contribution in [-0.2, 0) is 6.54 Å². The van der Waals surface area contributed by atoms with Crippen LogP contribution in [0.1, 0.15) is 54.7 Å². The van der Waals surface area contributed by atoms with Crippen molar-refractivity contribution in [1.82, 2.24) is 19.5 Å². The topological polar surface area (TPSA) is 110 Å². The molecule has 0 aliphatic heterocycles. The maximum atomic E-state index is 13.0. The number of rotatable bonds is 5. The minimum absolute atomic E-state index is 0.0116. The highest BCUT2D eigenvalue weighted by Crippen LogP contribution is 2.21. The van der Waals surface area contributed by atoms with E-state index in [0.717, 1.165) is 5.56 Å². The first-order valence-electron chi connectivity index (χ1n) is 9.23. The van der Waals surface area contributed by atoms with E-state index in [0.29, 0.717) is 24.5 Å². The van der Waals surface area contributed by atoms with Crippen LogP contribution in [0.15, 0.2) is 34.0 Å². The van der Waals surface area contributed by atoms with Crippen molar-refractivity contribution in [1.29, 1.82) is 0 Å². The Morgan fingerprint density at radius 2 is 2.04 bits per heavy atom. The van der Waals surface area contributed by atoms with Crippen molar-refractivity contribution >= 4 is 22.8 Å². The molecule has 0 unspecified atom stereocenters. The summed E-state index contributed by atoms with van der Waals surface area (Å²) in [5.74, 6) is -0.0727. The van der Waals surface area contributed by atoms with Crippen LogP contribution in [0, 0.1) is 6.92 Å². The summed E-state index contributed by atoms with van der Waals surface area (Å²) in [7, 11) is 0. The summed E-state index contributed by atoms with van der Waals surface area (Å²) < 4.78 is 1.41. The molecular formula is C20H23N5O3. The highest BCUT2D eigenvalue weighted by molar-refractivity contribution is 6.11. The summed E-state index contributed by atoms with van der Waals surface area (Å²) >= 11 is 0. The summed E-state index contributed by atoms with van der Waals surface area (Å²) in [6.45, 7) is 8.08. The molecule has 3 aromatic heterocycles. The van der Waals surface area contributed by atoms with Gasteiger partial charge in [0.1, 0.15) is 5.82 Å². The third kappa shape index (κ3) is 3.71. The lowest BCUT2D eigenvalue weighted by atomic mass is 10.0. The van der Waals surface area contributed by atoms with Crippen LogP contribution in [-0.4, -0.2) is 25.4 Å². The highest BCUT2D eigenvalue weighted by atomic mass is 16.2. The molecular weight excluding hydrogens is 358 g/mol. The molecule has 8 heteroatoms. The number of pyridine rings is 2. The third-order valence-corrected chi connectivity index (χ3v) is 4.41. The van der Waals surface area contributed by atoms with Gasteiger partial charge in [0.05, 0.1) is 10.9 Å². The predicted molar refractivity (Wildman–Crippen MR) is 108 cm³/mol. The van der Waals surface area contributed by atoms with E-state index in [1.807, 2.05) is 33.8 Å². The number of hydrogen-bond acceptors (Lipinski definition) is 5. The smallest absolute Gasteiger partial charge is 0.307 e. The standard InChI is InChI=1S/C20H23N5O3/c1-5-8-25-17-16(19(27)24-20(25)28)13(10-14(22-17)11(2)3)18(26)23-15-9-12(4)6-7-21-15/h6-7,9-11H,5,8H2,1-4H3,(H,21,23,26)(H,24,27,28). The Morgan fingerprint density at radius 3 is 2.68 bits per heavy atom. The first-order valence-corrected chi connectivity index (χ1v) is 9.23. The molecule has 0 atom stereocenters. The van der Waals surface area contributed by atoms with Crippen molar-refractivity contribution in [2.75, 3.05) is 5.32 Å². The number of aromatic nitrogens is 4. The van der Waals surface area contributed by atoms with Crippen LogP contribution in [0.5, 0.6) is 0 Å². The number of nitrogens with zero attached hydrogens (tertiary/aromatic N) is 3. The Balaban J connectivity index is 2.25. The Kier molecular flexibility index (Phi) is 5.39. The van der Waals surface area contributed by atoms with Gasteiger partial charge in [-0.1, -0.05) is 20.8 Å². The Bertz CT molecular complexity index is 1160. The van der Waals surface area contributed by atoms with Gasteiger partial charge in [-0.15, -0.1) is 0 Å². The van der Waals surface area contributed by atoms with E-state index >= 15 is 0 Å². The van der Waals surface area contributed by atoms with E-state index in [1.165, 1.54) is 4.57 Å². The zero-order chi connectivity index (χ0) is 20.4. The van der Waals surface area contributed by atoms with Crippen LogP contribution >= 0.6 is 0 Å². The molecule has 0 fully saturated rings. The predicted octanol–water partition coefficient (Wildman–Crippen LogP) is 2.57. The Hall–Kier alpha value is -3.29. The SMILES string of the molecule is CCCn1c(=O)[nH]c(=O)c2c(C(=O)Nc3cc(C)ccn3)cc(C(C)C)nc21. The lowest BCUT2D eigenvalue weighted by molar-refractivity contribution is 0.102. The van der Waals surface area contributed by atoms with Gasteiger partial charge in [0.15, 0.2) is 5.65 Å². The van der Waals surface area contributed by atoms with Crippen LogP contribution in [0.4, 0.5) is 5.82 Å². The van der Waals surface area contributed by atoms with Gasteiger partial charge in [-0.05, 0) is 43.0 Å². The second-order valence-electron chi connectivity index (χ2n) is 7.03. The van der Waals surface area contributed by atoms with Gasteiger partial charge < -0.3 is 5.32 Å². The third-order valence-electron chi connectivity index (χ3n) is 4.41. The van der Waals surface area contributed by atoms with E-state index in [9.17, 15) is 14.4 Å². The van der Waals surface area contributed by atoms with E-state index in [4.69, 9.17) is 0 Å². The molecule has 0 bridgehead atoms. The van der Waals surface area contributed by atoms with Gasteiger partial charge in [-0.2, -0.15) is 0 Å². The Morgan fingerprint density at radius 1 is 1.29 bits per heavy atom. The normalized spacial score (nSPS) is 11.2. The van der Waals surface area contributed by atoms with Crippen LogP contribution in [0.25, 0.3) is 11.0 Å². The minimum Gasteiger partial charge on any atom is -0.307 e. The van der Waals surface area contributed by atoms with Gasteiger partial charge >= 0.3 is 5.69 Å². The number of carbonyl (C=O) groups is 1. The lowest BCUT2D eigenvalue weighted by Gasteiger charge is -2.14. The fourth-order valence-corrected chi connectivity index (χ4v) is 2.99. The lowest BCUT2D eigenvalue weighted by Crippen LogP contribution is -2.32. The molecule has 1 amide bonds. The average Bonchev–Trinajstić information content (AvgIpc) is 2.64. The molecule has 146 valence electrons. The van der Waals surface area contributed by atoms with Crippen molar-refractivity contribution in [2.24, 2.45) is 0 Å². The van der Waals surface area contributed by atoms with Gasteiger partial charge in [0, 0.05) is 18.4 Å². The Labute approximate surface area is 161 Å². The van der Waals surface area contributed by atoms with E-state index in [2.05, 4.69) is 20.3 Å². The summed E-state index contributed by atoms with van der Waals surface area (Å²) in [4.78, 5) is 48.8. The zero-order valence-electron chi connectivity index (χ0n) is 16.4. The molecule has 0 aliphatic rings. The molecule has 0 saturated carbocycles. The van der Waals surface area contributed by atoms with Crippen molar-refractivity contribution in [2.45, 2.75) is 46.6 Å². The molecule has 8 nitrogen and oxygen atoms in total. The first kappa shape index (κ1) is 19.5. The monoisotopic (exact) mass is 381 g/mol. The molecule has 0 saturated heterocycles. The van der Waals surface area contributed by atoms with Gasteiger partial charge in [-0.25, -0.2) is 14.8 Å². The summed E-state index contributed by atoms with van der Waals surface area (Å²) in [6.07, 6.45) is 2.28. The number of hydrogen-bond donors (Lipinski definition) is 2.